The van der Waals surface area contributed by atoms with Crippen LogP contribution in [0.1, 0.15) is 57.2 Å². The van der Waals surface area contributed by atoms with E-state index < -0.39 is 0 Å². The van der Waals surface area contributed by atoms with E-state index in [-0.39, 0.29) is 11.2 Å². The number of hydrogen-bond acceptors (Lipinski definition) is 3. The van der Waals surface area contributed by atoms with Gasteiger partial charge in [0.15, 0.2) is 5.75 Å². The van der Waals surface area contributed by atoms with Gasteiger partial charge in [0.25, 0.3) is 0 Å². The number of nitrogens with zero attached hydrogens (tertiary/aromatic N) is 2. The van der Waals surface area contributed by atoms with Crippen LogP contribution in [0.25, 0.3) is 0 Å². The summed E-state index contributed by atoms with van der Waals surface area (Å²) < 4.78 is 2.17. The molecule has 1 aliphatic heterocycles. The van der Waals surface area contributed by atoms with E-state index in [2.05, 4.69) is 16.4 Å². The van der Waals surface area contributed by atoms with Gasteiger partial charge >= 0.3 is 0 Å². The van der Waals surface area contributed by atoms with E-state index in [1.54, 1.807) is 12.3 Å². The van der Waals surface area contributed by atoms with Gasteiger partial charge in [-0.2, -0.15) is 0 Å². The number of likely N-dealkylation sites (tertiary alicyclic amines) is 1. The van der Waals surface area contributed by atoms with Crippen molar-refractivity contribution in [2.45, 2.75) is 58.0 Å². The van der Waals surface area contributed by atoms with Crippen molar-refractivity contribution in [3.63, 3.8) is 0 Å². The molecule has 1 N–H and O–H groups in total. The standard InChI is InChI=1S/C17H26N2O2/c1-13-6-8-18(9-7-13)11-15-10-16(20)17(21)12-19(15)14-4-2-3-5-14/h10,12-14,21H,2-9,11H2,1H3. The lowest BCUT2D eigenvalue weighted by Crippen LogP contribution is -2.34. The third kappa shape index (κ3) is 3.31. The SMILES string of the molecule is CC1CCN(Cc2cc(=O)c(O)cn2C2CCCC2)CC1. The topological polar surface area (TPSA) is 45.5 Å². The quantitative estimate of drug-likeness (QED) is 0.931. The molecule has 1 aromatic heterocycles. The molecule has 0 radical (unpaired) electrons. The van der Waals surface area contributed by atoms with Gasteiger partial charge in [-0.1, -0.05) is 19.8 Å². The van der Waals surface area contributed by atoms with Crippen LogP contribution in [0, 0.1) is 5.92 Å². The fraction of sp³-hybridized carbons (Fsp3) is 0.706. The third-order valence-electron chi connectivity index (χ3n) is 5.12. The van der Waals surface area contributed by atoms with Crippen molar-refractivity contribution in [2.75, 3.05) is 13.1 Å². The molecule has 0 atom stereocenters. The second-order valence-corrected chi connectivity index (χ2v) is 6.82. The molecule has 1 saturated carbocycles. The Morgan fingerprint density at radius 2 is 1.86 bits per heavy atom. The Morgan fingerprint density at radius 1 is 1.19 bits per heavy atom. The molecule has 1 aliphatic carbocycles. The van der Waals surface area contributed by atoms with Crippen LogP contribution in [0.3, 0.4) is 0 Å². The zero-order valence-electron chi connectivity index (χ0n) is 12.9. The summed E-state index contributed by atoms with van der Waals surface area (Å²) in [6.07, 6.45) is 8.97. The Labute approximate surface area is 126 Å². The Morgan fingerprint density at radius 3 is 2.52 bits per heavy atom. The van der Waals surface area contributed by atoms with Crippen LogP contribution in [0.2, 0.25) is 0 Å². The van der Waals surface area contributed by atoms with Crippen molar-refractivity contribution in [3.05, 3.63) is 28.2 Å². The van der Waals surface area contributed by atoms with Crippen LogP contribution in [0.15, 0.2) is 17.1 Å². The first-order valence-electron chi connectivity index (χ1n) is 8.30. The maximum absolute atomic E-state index is 11.8. The number of aromatic hydroxyl groups is 1. The molecule has 21 heavy (non-hydrogen) atoms. The molecule has 1 saturated heterocycles. The summed E-state index contributed by atoms with van der Waals surface area (Å²) in [6, 6.07) is 2.10. The molecule has 3 rings (SSSR count). The lowest BCUT2D eigenvalue weighted by atomic mass is 9.99. The van der Waals surface area contributed by atoms with Gasteiger partial charge in [-0.25, -0.2) is 0 Å². The van der Waals surface area contributed by atoms with Gasteiger partial charge in [0.1, 0.15) is 0 Å². The van der Waals surface area contributed by atoms with Gasteiger partial charge in [0.2, 0.25) is 5.43 Å². The van der Waals surface area contributed by atoms with Crippen LogP contribution in [0.5, 0.6) is 5.75 Å². The molecule has 2 fully saturated rings. The maximum atomic E-state index is 11.8. The van der Waals surface area contributed by atoms with E-state index in [9.17, 15) is 9.90 Å². The lowest BCUT2D eigenvalue weighted by Gasteiger charge is -2.31. The van der Waals surface area contributed by atoms with E-state index in [1.165, 1.54) is 25.7 Å². The highest BCUT2D eigenvalue weighted by molar-refractivity contribution is 5.21. The van der Waals surface area contributed by atoms with Crippen molar-refractivity contribution in [2.24, 2.45) is 5.92 Å². The van der Waals surface area contributed by atoms with Crippen LogP contribution in [0.4, 0.5) is 0 Å². The van der Waals surface area contributed by atoms with Crippen molar-refractivity contribution in [3.8, 4) is 5.75 Å². The summed E-state index contributed by atoms with van der Waals surface area (Å²) in [5.74, 6) is 0.705. The van der Waals surface area contributed by atoms with Gasteiger partial charge in [-0.15, -0.1) is 0 Å². The predicted molar refractivity (Wildman–Crippen MR) is 83.5 cm³/mol. The monoisotopic (exact) mass is 290 g/mol. The Balaban J connectivity index is 1.82. The fourth-order valence-electron chi connectivity index (χ4n) is 3.68. The summed E-state index contributed by atoms with van der Waals surface area (Å²) in [4.78, 5) is 14.3. The first kappa shape index (κ1) is 14.6. The average Bonchev–Trinajstić information content (AvgIpc) is 2.99. The smallest absolute Gasteiger partial charge is 0.223 e. The minimum absolute atomic E-state index is 0.113. The number of rotatable bonds is 3. The van der Waals surface area contributed by atoms with Crippen molar-refractivity contribution >= 4 is 0 Å². The van der Waals surface area contributed by atoms with E-state index in [0.717, 1.165) is 44.1 Å². The van der Waals surface area contributed by atoms with Crippen LogP contribution >= 0.6 is 0 Å². The Kier molecular flexibility index (Phi) is 4.34. The molecule has 116 valence electrons. The number of piperidine rings is 1. The number of hydrogen-bond donors (Lipinski definition) is 1. The summed E-state index contributed by atoms with van der Waals surface area (Å²) in [5.41, 5.74) is 0.823. The van der Waals surface area contributed by atoms with Gasteiger partial charge in [-0.3, -0.25) is 9.69 Å². The normalized spacial score (nSPS) is 22.0. The average molecular weight is 290 g/mol. The molecule has 0 amide bonds. The summed E-state index contributed by atoms with van der Waals surface area (Å²) in [5, 5.41) is 9.78. The van der Waals surface area contributed by atoms with Crippen LogP contribution in [-0.4, -0.2) is 27.7 Å². The molecule has 4 nitrogen and oxygen atoms in total. The fourth-order valence-corrected chi connectivity index (χ4v) is 3.68. The zero-order valence-corrected chi connectivity index (χ0v) is 12.9. The van der Waals surface area contributed by atoms with Crippen LogP contribution < -0.4 is 5.43 Å². The molecule has 0 spiro atoms. The first-order valence-corrected chi connectivity index (χ1v) is 8.30. The number of aromatic nitrogens is 1. The molecule has 1 aromatic rings. The van der Waals surface area contributed by atoms with E-state index in [4.69, 9.17) is 0 Å². The minimum Gasteiger partial charge on any atom is -0.503 e. The second kappa shape index (κ2) is 6.22. The third-order valence-corrected chi connectivity index (χ3v) is 5.12. The first-order chi connectivity index (χ1) is 10.1. The van der Waals surface area contributed by atoms with E-state index in [0.29, 0.717) is 6.04 Å². The van der Waals surface area contributed by atoms with Crippen molar-refractivity contribution < 1.29 is 5.11 Å². The summed E-state index contributed by atoms with van der Waals surface area (Å²) in [6.45, 7) is 5.37. The second-order valence-electron chi connectivity index (χ2n) is 6.82. The van der Waals surface area contributed by atoms with E-state index in [1.807, 2.05) is 0 Å². The highest BCUT2D eigenvalue weighted by Gasteiger charge is 2.22. The Hall–Kier alpha value is -1.29. The van der Waals surface area contributed by atoms with Crippen molar-refractivity contribution in [1.82, 2.24) is 9.47 Å². The molecule has 2 heterocycles. The van der Waals surface area contributed by atoms with E-state index >= 15 is 0 Å². The largest absolute Gasteiger partial charge is 0.503 e. The zero-order chi connectivity index (χ0) is 14.8. The maximum Gasteiger partial charge on any atom is 0.223 e. The molecule has 0 bridgehead atoms. The molecular weight excluding hydrogens is 264 g/mol. The molecule has 0 unspecified atom stereocenters. The van der Waals surface area contributed by atoms with Crippen molar-refractivity contribution in [1.29, 1.82) is 0 Å². The van der Waals surface area contributed by atoms with Gasteiger partial charge in [0.05, 0.1) is 6.20 Å². The van der Waals surface area contributed by atoms with Gasteiger partial charge in [-0.05, 0) is 44.7 Å². The van der Waals surface area contributed by atoms with Crippen LogP contribution in [-0.2, 0) is 6.54 Å². The number of pyridine rings is 1. The predicted octanol–water partition coefficient (Wildman–Crippen LogP) is 2.90. The lowest BCUT2D eigenvalue weighted by molar-refractivity contribution is 0.179. The summed E-state index contributed by atoms with van der Waals surface area (Å²) in [7, 11) is 0. The molecule has 2 aliphatic rings. The molecule has 4 heteroatoms. The molecular formula is C17H26N2O2. The summed E-state index contributed by atoms with van der Waals surface area (Å²) >= 11 is 0. The highest BCUT2D eigenvalue weighted by atomic mass is 16.3. The minimum atomic E-state index is -0.246. The highest BCUT2D eigenvalue weighted by Crippen LogP contribution is 2.31. The van der Waals surface area contributed by atoms with Gasteiger partial charge in [0, 0.05) is 24.3 Å². The van der Waals surface area contributed by atoms with Gasteiger partial charge < -0.3 is 9.67 Å². The molecule has 0 aromatic carbocycles. The Bertz CT molecular complexity index is 538.